The summed E-state index contributed by atoms with van der Waals surface area (Å²) in [7, 11) is 0. The zero-order valence-corrected chi connectivity index (χ0v) is 18.0. The normalized spacial score (nSPS) is 13.8. The van der Waals surface area contributed by atoms with Crippen LogP contribution >= 0.6 is 0 Å². The molecule has 0 spiro atoms. The summed E-state index contributed by atoms with van der Waals surface area (Å²) in [5, 5.41) is 3.39. The van der Waals surface area contributed by atoms with Crippen LogP contribution in [0, 0.1) is 0 Å². The van der Waals surface area contributed by atoms with Crippen molar-refractivity contribution in [1.82, 2.24) is 14.9 Å². The molecule has 0 radical (unpaired) electrons. The second-order valence-electron chi connectivity index (χ2n) is 7.47. The number of carbonyl (C=O) groups is 2. The van der Waals surface area contributed by atoms with Crippen molar-refractivity contribution in [2.45, 2.75) is 13.5 Å². The lowest BCUT2D eigenvalue weighted by Crippen LogP contribution is -2.49. The summed E-state index contributed by atoms with van der Waals surface area (Å²) in [6, 6.07) is 14.9. The Balaban J connectivity index is 1.54. The minimum absolute atomic E-state index is 0.283. The van der Waals surface area contributed by atoms with Crippen LogP contribution in [0.3, 0.4) is 0 Å². The maximum absolute atomic E-state index is 12.0. The van der Waals surface area contributed by atoms with E-state index in [2.05, 4.69) is 10.2 Å². The highest BCUT2D eigenvalue weighted by Gasteiger charge is 2.25. The summed E-state index contributed by atoms with van der Waals surface area (Å²) in [6.45, 7) is 5.06. The highest BCUT2D eigenvalue weighted by Crippen LogP contribution is 2.26. The number of aromatic nitrogens is 2. The van der Waals surface area contributed by atoms with E-state index in [0.717, 1.165) is 22.4 Å². The smallest absolute Gasteiger partial charge is 0.409 e. The van der Waals surface area contributed by atoms with Gasteiger partial charge in [-0.25, -0.2) is 14.8 Å². The van der Waals surface area contributed by atoms with Crippen LogP contribution in [0.5, 0.6) is 0 Å². The molecule has 1 fully saturated rings. The van der Waals surface area contributed by atoms with Crippen LogP contribution in [0.4, 0.5) is 16.4 Å². The lowest BCUT2D eigenvalue weighted by molar-refractivity contribution is 0.0999. The molecule has 2 heterocycles. The van der Waals surface area contributed by atoms with Crippen LogP contribution in [-0.4, -0.2) is 59.7 Å². The number of hydrogen-bond donors (Lipinski definition) is 2. The van der Waals surface area contributed by atoms with Crippen molar-refractivity contribution in [1.29, 1.82) is 0 Å². The van der Waals surface area contributed by atoms with E-state index in [-0.39, 0.29) is 6.09 Å². The predicted molar refractivity (Wildman–Crippen MR) is 123 cm³/mol. The largest absolute Gasteiger partial charge is 0.450 e. The molecule has 9 heteroatoms. The van der Waals surface area contributed by atoms with Gasteiger partial charge in [-0.3, -0.25) is 4.79 Å². The maximum atomic E-state index is 12.0. The molecule has 0 bridgehead atoms. The van der Waals surface area contributed by atoms with Crippen molar-refractivity contribution < 1.29 is 14.3 Å². The molecule has 1 aliphatic rings. The van der Waals surface area contributed by atoms with Crippen LogP contribution in [0.2, 0.25) is 0 Å². The Hall–Kier alpha value is -3.88. The molecule has 1 aliphatic heterocycles. The SMILES string of the molecule is CCOC(=O)N1CCN(c2nc3ccccc3nc2NCc2ccc(C(N)=O)cc2)CC1. The quantitative estimate of drug-likeness (QED) is 0.613. The molecule has 2 amide bonds. The summed E-state index contributed by atoms with van der Waals surface area (Å²) in [5.41, 5.74) is 8.39. The number of hydrogen-bond acceptors (Lipinski definition) is 7. The molecule has 2 aromatic carbocycles. The monoisotopic (exact) mass is 434 g/mol. The number of nitrogens with two attached hydrogens (primary N) is 1. The van der Waals surface area contributed by atoms with Crippen molar-refractivity contribution in [2.75, 3.05) is 43.0 Å². The molecule has 166 valence electrons. The molecule has 3 N–H and O–H groups in total. The van der Waals surface area contributed by atoms with Crippen molar-refractivity contribution in [3.63, 3.8) is 0 Å². The van der Waals surface area contributed by atoms with E-state index in [0.29, 0.717) is 50.7 Å². The molecule has 32 heavy (non-hydrogen) atoms. The average molecular weight is 435 g/mol. The lowest BCUT2D eigenvalue weighted by Gasteiger charge is -2.35. The van der Waals surface area contributed by atoms with Gasteiger partial charge in [0.25, 0.3) is 0 Å². The topological polar surface area (TPSA) is 114 Å². The van der Waals surface area contributed by atoms with Crippen LogP contribution in [0.1, 0.15) is 22.8 Å². The first-order chi connectivity index (χ1) is 15.5. The van der Waals surface area contributed by atoms with Gasteiger partial charge >= 0.3 is 6.09 Å². The summed E-state index contributed by atoms with van der Waals surface area (Å²) in [6.07, 6.45) is -0.283. The Bertz CT molecular complexity index is 1110. The van der Waals surface area contributed by atoms with Gasteiger partial charge in [-0.2, -0.15) is 0 Å². The van der Waals surface area contributed by atoms with Crippen LogP contribution in [0.15, 0.2) is 48.5 Å². The fourth-order valence-electron chi connectivity index (χ4n) is 3.62. The average Bonchev–Trinajstić information content (AvgIpc) is 2.82. The van der Waals surface area contributed by atoms with Gasteiger partial charge in [-0.15, -0.1) is 0 Å². The first-order valence-electron chi connectivity index (χ1n) is 10.6. The molecule has 0 aliphatic carbocycles. The van der Waals surface area contributed by atoms with Gasteiger partial charge in [0.15, 0.2) is 11.6 Å². The van der Waals surface area contributed by atoms with E-state index >= 15 is 0 Å². The zero-order valence-electron chi connectivity index (χ0n) is 18.0. The van der Waals surface area contributed by atoms with Gasteiger partial charge in [-0.05, 0) is 36.8 Å². The number of anilines is 2. The molecular formula is C23H26N6O3. The van der Waals surface area contributed by atoms with Crippen LogP contribution < -0.4 is 16.0 Å². The van der Waals surface area contributed by atoms with Crippen molar-refractivity contribution >= 4 is 34.7 Å². The Labute approximate surface area is 186 Å². The first kappa shape index (κ1) is 21.4. The number of nitrogens with one attached hydrogen (secondary N) is 1. The van der Waals surface area contributed by atoms with E-state index in [1.165, 1.54) is 0 Å². The van der Waals surface area contributed by atoms with Gasteiger partial charge in [0, 0.05) is 38.3 Å². The van der Waals surface area contributed by atoms with E-state index in [4.69, 9.17) is 20.4 Å². The Morgan fingerprint density at radius 3 is 2.28 bits per heavy atom. The van der Waals surface area contributed by atoms with Crippen LogP contribution in [0.25, 0.3) is 11.0 Å². The molecule has 0 saturated carbocycles. The van der Waals surface area contributed by atoms with E-state index in [9.17, 15) is 9.59 Å². The number of rotatable bonds is 6. The molecule has 4 rings (SSSR count). The second-order valence-corrected chi connectivity index (χ2v) is 7.47. The number of nitrogens with zero attached hydrogens (tertiary/aromatic N) is 4. The summed E-state index contributed by atoms with van der Waals surface area (Å²) < 4.78 is 5.11. The Kier molecular flexibility index (Phi) is 6.34. The molecule has 1 saturated heterocycles. The van der Waals surface area contributed by atoms with Gasteiger partial charge in [0.1, 0.15) is 0 Å². The lowest BCUT2D eigenvalue weighted by atomic mass is 10.1. The second kappa shape index (κ2) is 9.51. The molecule has 9 nitrogen and oxygen atoms in total. The number of piperazine rings is 1. The standard InChI is InChI=1S/C23H26N6O3/c1-2-32-23(31)29-13-11-28(12-14-29)22-21(26-18-5-3-4-6-19(18)27-22)25-15-16-7-9-17(10-8-16)20(24)30/h3-10H,2,11-15H2,1H3,(H2,24,30)(H,25,26). The predicted octanol–water partition coefficient (Wildman–Crippen LogP) is 2.62. The Morgan fingerprint density at radius 1 is 1.00 bits per heavy atom. The molecule has 3 aromatic rings. The third-order valence-corrected chi connectivity index (χ3v) is 5.36. The molecule has 0 unspecified atom stereocenters. The van der Waals surface area contributed by atoms with Gasteiger partial charge in [-0.1, -0.05) is 24.3 Å². The maximum Gasteiger partial charge on any atom is 0.409 e. The van der Waals surface area contributed by atoms with Crippen molar-refractivity contribution in [3.05, 3.63) is 59.7 Å². The van der Waals surface area contributed by atoms with Crippen LogP contribution in [-0.2, 0) is 11.3 Å². The number of benzene rings is 2. The fraction of sp³-hybridized carbons (Fsp3) is 0.304. The number of fused-ring (bicyclic) bond motifs is 1. The zero-order chi connectivity index (χ0) is 22.5. The van der Waals surface area contributed by atoms with Gasteiger partial charge < -0.3 is 25.6 Å². The Morgan fingerprint density at radius 2 is 1.66 bits per heavy atom. The van der Waals surface area contributed by atoms with E-state index < -0.39 is 5.91 Å². The summed E-state index contributed by atoms with van der Waals surface area (Å²) >= 11 is 0. The summed E-state index contributed by atoms with van der Waals surface area (Å²) in [5.74, 6) is 0.974. The number of primary amides is 1. The number of para-hydroxylation sites is 2. The van der Waals surface area contributed by atoms with Gasteiger partial charge in [0.05, 0.1) is 17.6 Å². The number of ether oxygens (including phenoxy) is 1. The van der Waals surface area contributed by atoms with Crippen molar-refractivity contribution in [2.24, 2.45) is 5.73 Å². The number of amides is 2. The van der Waals surface area contributed by atoms with Crippen molar-refractivity contribution in [3.8, 4) is 0 Å². The number of carbonyl (C=O) groups excluding carboxylic acids is 2. The third-order valence-electron chi connectivity index (χ3n) is 5.36. The first-order valence-corrected chi connectivity index (χ1v) is 10.6. The van der Waals surface area contributed by atoms with E-state index in [1.54, 1.807) is 24.0 Å². The van der Waals surface area contributed by atoms with Gasteiger partial charge in [0.2, 0.25) is 5.91 Å². The molecular weight excluding hydrogens is 408 g/mol. The minimum atomic E-state index is -0.450. The highest BCUT2D eigenvalue weighted by molar-refractivity contribution is 5.92. The summed E-state index contributed by atoms with van der Waals surface area (Å²) in [4.78, 5) is 36.8. The fourth-order valence-corrected chi connectivity index (χ4v) is 3.62. The van der Waals surface area contributed by atoms with E-state index in [1.807, 2.05) is 36.4 Å². The molecule has 0 atom stereocenters. The third kappa shape index (κ3) is 4.72. The minimum Gasteiger partial charge on any atom is -0.450 e. The highest BCUT2D eigenvalue weighted by atomic mass is 16.6. The molecule has 1 aromatic heterocycles.